The van der Waals surface area contributed by atoms with E-state index in [-0.39, 0.29) is 23.9 Å². The van der Waals surface area contributed by atoms with Crippen molar-refractivity contribution in [1.29, 1.82) is 0 Å². The summed E-state index contributed by atoms with van der Waals surface area (Å²) in [5.74, 6) is 1.04. The van der Waals surface area contributed by atoms with E-state index in [4.69, 9.17) is 5.11 Å². The molecule has 1 saturated heterocycles. The number of amides is 2. The average Bonchev–Trinajstić information content (AvgIpc) is 2.26. The molecule has 0 bridgehead atoms. The van der Waals surface area contributed by atoms with Gasteiger partial charge >= 0.3 is 12.0 Å². The molecule has 1 atom stereocenters. The molecule has 0 aliphatic carbocycles. The summed E-state index contributed by atoms with van der Waals surface area (Å²) < 4.78 is 0. The van der Waals surface area contributed by atoms with Crippen molar-refractivity contribution in [2.24, 2.45) is 5.41 Å². The summed E-state index contributed by atoms with van der Waals surface area (Å²) >= 11 is 1.84. The number of thioether (sulfide) groups is 1. The highest BCUT2D eigenvalue weighted by Crippen LogP contribution is 2.22. The standard InChI is InChI=1S/C13H24N2O3S/c1-13(2,3)9-10(8-11(16)17)14-12(18)15-4-6-19-7-5-15/h10H,4-9H2,1-3H3,(H,14,18)(H,16,17). The lowest BCUT2D eigenvalue weighted by Crippen LogP contribution is -2.49. The summed E-state index contributed by atoms with van der Waals surface area (Å²) in [5, 5.41) is 11.8. The zero-order chi connectivity index (χ0) is 14.5. The van der Waals surface area contributed by atoms with E-state index >= 15 is 0 Å². The Morgan fingerprint density at radius 1 is 1.32 bits per heavy atom. The molecule has 19 heavy (non-hydrogen) atoms. The smallest absolute Gasteiger partial charge is 0.317 e. The molecule has 110 valence electrons. The molecule has 0 aromatic carbocycles. The molecule has 0 aromatic rings. The van der Waals surface area contributed by atoms with Crippen molar-refractivity contribution >= 4 is 23.8 Å². The number of nitrogens with one attached hydrogen (secondary N) is 1. The van der Waals surface area contributed by atoms with E-state index in [0.29, 0.717) is 6.42 Å². The quantitative estimate of drug-likeness (QED) is 0.830. The van der Waals surface area contributed by atoms with E-state index in [0.717, 1.165) is 24.6 Å². The van der Waals surface area contributed by atoms with Crippen LogP contribution in [0.25, 0.3) is 0 Å². The van der Waals surface area contributed by atoms with Crippen molar-refractivity contribution in [2.75, 3.05) is 24.6 Å². The van der Waals surface area contributed by atoms with Crippen LogP contribution in [0.2, 0.25) is 0 Å². The van der Waals surface area contributed by atoms with Gasteiger partial charge in [-0.15, -0.1) is 0 Å². The molecule has 1 aliphatic heterocycles. The van der Waals surface area contributed by atoms with Gasteiger partial charge in [0.15, 0.2) is 0 Å². The third kappa shape index (κ3) is 6.71. The first-order valence-electron chi connectivity index (χ1n) is 6.63. The van der Waals surface area contributed by atoms with Gasteiger partial charge in [0.25, 0.3) is 0 Å². The van der Waals surface area contributed by atoms with Crippen LogP contribution in [0.3, 0.4) is 0 Å². The number of hydrogen-bond donors (Lipinski definition) is 2. The van der Waals surface area contributed by atoms with Crippen LogP contribution in [-0.2, 0) is 4.79 Å². The van der Waals surface area contributed by atoms with Crippen LogP contribution in [0.15, 0.2) is 0 Å². The zero-order valence-electron chi connectivity index (χ0n) is 11.9. The number of rotatable bonds is 4. The maximum absolute atomic E-state index is 12.1. The molecule has 2 N–H and O–H groups in total. The molecule has 1 aliphatic rings. The first kappa shape index (κ1) is 16.1. The van der Waals surface area contributed by atoms with Gasteiger partial charge in [0.1, 0.15) is 0 Å². The Bertz CT molecular complexity index is 322. The predicted molar refractivity (Wildman–Crippen MR) is 77.5 cm³/mol. The number of nitrogens with zero attached hydrogens (tertiary/aromatic N) is 1. The molecule has 1 unspecified atom stereocenters. The van der Waals surface area contributed by atoms with Gasteiger partial charge in [-0.1, -0.05) is 20.8 Å². The summed E-state index contributed by atoms with van der Waals surface area (Å²) in [7, 11) is 0. The second-order valence-corrected chi connectivity index (χ2v) is 7.33. The SMILES string of the molecule is CC(C)(C)CC(CC(=O)O)NC(=O)N1CCSCC1. The molecule has 0 aromatic heterocycles. The van der Waals surface area contributed by atoms with Crippen molar-refractivity contribution in [3.8, 4) is 0 Å². The monoisotopic (exact) mass is 288 g/mol. The third-order valence-corrected chi connectivity index (χ3v) is 3.85. The Hall–Kier alpha value is -0.910. The van der Waals surface area contributed by atoms with E-state index in [1.807, 2.05) is 32.5 Å². The lowest BCUT2D eigenvalue weighted by Gasteiger charge is -2.31. The molecular weight excluding hydrogens is 264 g/mol. The number of carboxylic acids is 1. The van der Waals surface area contributed by atoms with Crippen LogP contribution in [-0.4, -0.2) is 52.6 Å². The van der Waals surface area contributed by atoms with Crippen molar-refractivity contribution in [3.63, 3.8) is 0 Å². The molecule has 6 heteroatoms. The molecule has 1 fully saturated rings. The Morgan fingerprint density at radius 3 is 2.37 bits per heavy atom. The Labute approximate surface area is 119 Å². The summed E-state index contributed by atoms with van der Waals surface area (Å²) in [5.41, 5.74) is -0.00878. The lowest BCUT2D eigenvalue weighted by molar-refractivity contribution is -0.137. The Balaban J connectivity index is 2.54. The normalized spacial score (nSPS) is 17.9. The molecule has 5 nitrogen and oxygen atoms in total. The number of carbonyl (C=O) groups is 2. The minimum absolute atomic E-state index is 0.00878. The van der Waals surface area contributed by atoms with Crippen LogP contribution in [0.1, 0.15) is 33.6 Å². The summed E-state index contributed by atoms with van der Waals surface area (Å²) in [6.07, 6.45) is 0.638. The molecule has 2 amide bonds. The summed E-state index contributed by atoms with van der Waals surface area (Å²) in [6, 6.07) is -0.435. The van der Waals surface area contributed by atoms with Crippen LogP contribution in [0, 0.1) is 5.41 Å². The van der Waals surface area contributed by atoms with Gasteiger partial charge in [-0.2, -0.15) is 11.8 Å². The third-order valence-electron chi connectivity index (χ3n) is 2.91. The van der Waals surface area contributed by atoms with Crippen LogP contribution in [0.5, 0.6) is 0 Å². The van der Waals surface area contributed by atoms with Crippen molar-refractivity contribution in [3.05, 3.63) is 0 Å². The fourth-order valence-electron chi connectivity index (χ4n) is 2.16. The van der Waals surface area contributed by atoms with Gasteiger partial charge < -0.3 is 15.3 Å². The highest BCUT2D eigenvalue weighted by atomic mass is 32.2. The van der Waals surface area contributed by atoms with Crippen molar-refractivity contribution < 1.29 is 14.7 Å². The fraction of sp³-hybridized carbons (Fsp3) is 0.846. The Kier molecular flexibility index (Phi) is 5.97. The second-order valence-electron chi connectivity index (χ2n) is 6.11. The van der Waals surface area contributed by atoms with Crippen LogP contribution >= 0.6 is 11.8 Å². The van der Waals surface area contributed by atoms with Crippen molar-refractivity contribution in [2.45, 2.75) is 39.7 Å². The molecule has 1 heterocycles. The minimum atomic E-state index is -0.872. The van der Waals surface area contributed by atoms with Gasteiger partial charge in [0, 0.05) is 30.6 Å². The largest absolute Gasteiger partial charge is 0.481 e. The van der Waals surface area contributed by atoms with Crippen LogP contribution in [0.4, 0.5) is 4.79 Å². The van der Waals surface area contributed by atoms with E-state index in [9.17, 15) is 9.59 Å². The topological polar surface area (TPSA) is 69.6 Å². The van der Waals surface area contributed by atoms with E-state index in [2.05, 4.69) is 5.32 Å². The first-order chi connectivity index (χ1) is 8.78. The maximum atomic E-state index is 12.1. The van der Waals surface area contributed by atoms with Crippen LogP contribution < -0.4 is 5.32 Å². The van der Waals surface area contributed by atoms with E-state index < -0.39 is 5.97 Å². The number of aliphatic carboxylic acids is 1. The molecule has 1 rings (SSSR count). The molecule has 0 radical (unpaired) electrons. The van der Waals surface area contributed by atoms with E-state index in [1.165, 1.54) is 0 Å². The lowest BCUT2D eigenvalue weighted by atomic mass is 9.87. The zero-order valence-corrected chi connectivity index (χ0v) is 12.8. The van der Waals surface area contributed by atoms with Gasteiger partial charge in [-0.3, -0.25) is 4.79 Å². The minimum Gasteiger partial charge on any atom is -0.481 e. The van der Waals surface area contributed by atoms with Gasteiger partial charge in [-0.05, 0) is 11.8 Å². The number of carboxylic acid groups (broad SMARTS) is 1. The Morgan fingerprint density at radius 2 is 1.89 bits per heavy atom. The maximum Gasteiger partial charge on any atom is 0.317 e. The van der Waals surface area contributed by atoms with Gasteiger partial charge in [0.05, 0.1) is 6.42 Å². The van der Waals surface area contributed by atoms with E-state index in [1.54, 1.807) is 4.90 Å². The first-order valence-corrected chi connectivity index (χ1v) is 7.78. The average molecular weight is 288 g/mol. The van der Waals surface area contributed by atoms with Gasteiger partial charge in [0.2, 0.25) is 0 Å². The fourth-order valence-corrected chi connectivity index (χ4v) is 3.06. The second kappa shape index (κ2) is 7.03. The summed E-state index contributed by atoms with van der Waals surface area (Å²) in [4.78, 5) is 24.7. The van der Waals surface area contributed by atoms with Crippen molar-refractivity contribution in [1.82, 2.24) is 10.2 Å². The number of urea groups is 1. The highest BCUT2D eigenvalue weighted by Gasteiger charge is 2.25. The van der Waals surface area contributed by atoms with Gasteiger partial charge in [-0.25, -0.2) is 4.79 Å². The molecule has 0 saturated carbocycles. The number of hydrogen-bond acceptors (Lipinski definition) is 3. The predicted octanol–water partition coefficient (Wildman–Crippen LogP) is 2.02. The molecule has 0 spiro atoms. The number of carbonyl (C=O) groups excluding carboxylic acids is 1. The highest BCUT2D eigenvalue weighted by molar-refractivity contribution is 7.99. The molecular formula is C13H24N2O3S. The summed E-state index contributed by atoms with van der Waals surface area (Å²) in [6.45, 7) is 7.63.